The highest BCUT2D eigenvalue weighted by Crippen LogP contribution is 2.47. The Bertz CT molecular complexity index is 768. The lowest BCUT2D eigenvalue weighted by Gasteiger charge is -2.38. The van der Waals surface area contributed by atoms with Gasteiger partial charge in [-0.1, -0.05) is 4.40 Å². The Morgan fingerprint density at radius 1 is 1.27 bits per heavy atom. The normalized spacial score (nSPS) is 21.9. The van der Waals surface area contributed by atoms with Crippen molar-refractivity contribution in [3.63, 3.8) is 0 Å². The number of likely N-dealkylation sites (tertiary alicyclic amines) is 1. The van der Waals surface area contributed by atoms with E-state index in [1.165, 1.54) is 4.90 Å². The number of fused-ring (bicyclic) bond motifs is 1. The molecule has 1 aromatic rings. The van der Waals surface area contributed by atoms with Crippen molar-refractivity contribution in [1.29, 1.82) is 0 Å². The van der Waals surface area contributed by atoms with Crippen molar-refractivity contribution in [2.24, 2.45) is 9.81 Å². The molecule has 0 saturated carbocycles. The van der Waals surface area contributed by atoms with Gasteiger partial charge >= 0.3 is 6.09 Å². The standard InChI is InChI=1S/C18H22F2N2O3S/c1-17(2,3)26(25)21-15-14-11(12(19)4-5-13(14)20)10-18(15)6-8-22(9-7-18)16(23)24/h4-5H,6-10H2,1-3H3,(H,23,24)/b21-15+/t26-/m1/s1. The van der Waals surface area contributed by atoms with Crippen LogP contribution in [0, 0.1) is 17.0 Å². The number of rotatable bonds is 1. The van der Waals surface area contributed by atoms with Gasteiger partial charge in [-0.25, -0.2) is 13.6 Å². The van der Waals surface area contributed by atoms with Crippen LogP contribution < -0.4 is 0 Å². The summed E-state index contributed by atoms with van der Waals surface area (Å²) in [6.45, 7) is 5.82. The third-order valence-electron chi connectivity index (χ3n) is 5.15. The summed E-state index contributed by atoms with van der Waals surface area (Å²) in [5, 5.41) is 9.18. The van der Waals surface area contributed by atoms with Crippen LogP contribution in [0.2, 0.25) is 0 Å². The number of nitrogens with zero attached hydrogens (tertiary/aromatic N) is 2. The Morgan fingerprint density at radius 3 is 2.38 bits per heavy atom. The van der Waals surface area contributed by atoms with Crippen molar-refractivity contribution in [3.8, 4) is 0 Å². The van der Waals surface area contributed by atoms with Gasteiger partial charge in [0.25, 0.3) is 0 Å². The molecule has 1 aliphatic heterocycles. The van der Waals surface area contributed by atoms with Crippen LogP contribution in [0.15, 0.2) is 16.5 Å². The fourth-order valence-electron chi connectivity index (χ4n) is 3.61. The molecule has 1 heterocycles. The van der Waals surface area contributed by atoms with Crippen LogP contribution in [-0.4, -0.2) is 44.2 Å². The van der Waals surface area contributed by atoms with E-state index in [0.717, 1.165) is 12.1 Å². The predicted molar refractivity (Wildman–Crippen MR) is 95.8 cm³/mol. The first kappa shape index (κ1) is 19.1. The average Bonchev–Trinajstić information content (AvgIpc) is 2.86. The molecule has 1 aliphatic carbocycles. The number of carboxylic acid groups (broad SMARTS) is 1. The van der Waals surface area contributed by atoms with Gasteiger partial charge in [-0.15, -0.1) is 0 Å². The smallest absolute Gasteiger partial charge is 0.407 e. The second kappa shape index (κ2) is 6.49. The molecule has 26 heavy (non-hydrogen) atoms. The lowest BCUT2D eigenvalue weighted by molar-refractivity contribution is 0.114. The molecule has 1 atom stereocenters. The molecule has 1 N–H and O–H groups in total. The lowest BCUT2D eigenvalue weighted by Crippen LogP contribution is -2.46. The van der Waals surface area contributed by atoms with E-state index < -0.39 is 39.3 Å². The molecule has 1 amide bonds. The maximum atomic E-state index is 14.6. The minimum atomic E-state index is -1.63. The number of carbonyl (C=O) groups is 1. The molecule has 1 saturated heterocycles. The molecule has 3 rings (SSSR count). The first-order valence-corrected chi connectivity index (χ1v) is 9.62. The highest BCUT2D eigenvalue weighted by molar-refractivity contribution is 7.91. The molecule has 8 heteroatoms. The highest BCUT2D eigenvalue weighted by atomic mass is 32.2. The summed E-state index contributed by atoms with van der Waals surface area (Å²) in [4.78, 5) is 12.5. The van der Waals surface area contributed by atoms with E-state index >= 15 is 0 Å². The third kappa shape index (κ3) is 3.20. The highest BCUT2D eigenvalue weighted by Gasteiger charge is 2.50. The van der Waals surface area contributed by atoms with E-state index in [1.807, 2.05) is 0 Å². The minimum Gasteiger partial charge on any atom is -0.591 e. The van der Waals surface area contributed by atoms with E-state index in [1.54, 1.807) is 20.8 Å². The Morgan fingerprint density at radius 2 is 1.85 bits per heavy atom. The summed E-state index contributed by atoms with van der Waals surface area (Å²) in [6.07, 6.45) is 0.0316. The second-order valence-electron chi connectivity index (χ2n) is 7.91. The fraction of sp³-hybridized carbons (Fsp3) is 0.556. The summed E-state index contributed by atoms with van der Waals surface area (Å²) in [5.74, 6) is -1.09. The summed E-state index contributed by atoms with van der Waals surface area (Å²) >= 11 is -1.63. The SMILES string of the molecule is CC(C)(C)[S@@+]([O-])/N=C1\c2c(F)ccc(F)c2CC12CCN(C(=O)O)CC2. The first-order chi connectivity index (χ1) is 12.0. The van der Waals surface area contributed by atoms with Gasteiger partial charge in [0, 0.05) is 29.6 Å². The summed E-state index contributed by atoms with van der Waals surface area (Å²) in [7, 11) is 0. The van der Waals surface area contributed by atoms with Crippen molar-refractivity contribution < 1.29 is 23.2 Å². The van der Waals surface area contributed by atoms with Gasteiger partial charge in [-0.3, -0.25) is 0 Å². The van der Waals surface area contributed by atoms with Crippen LogP contribution in [0.4, 0.5) is 13.6 Å². The van der Waals surface area contributed by atoms with E-state index in [2.05, 4.69) is 4.40 Å². The minimum absolute atomic E-state index is 0.103. The topological polar surface area (TPSA) is 76.0 Å². The van der Waals surface area contributed by atoms with Gasteiger partial charge in [0.15, 0.2) is 0 Å². The molecule has 5 nitrogen and oxygen atoms in total. The van der Waals surface area contributed by atoms with Gasteiger partial charge in [0.05, 0.1) is 0 Å². The number of hydrogen-bond acceptors (Lipinski definition) is 3. The molecule has 0 unspecified atom stereocenters. The number of piperidine rings is 1. The zero-order valence-electron chi connectivity index (χ0n) is 15.0. The van der Waals surface area contributed by atoms with Gasteiger partial charge < -0.3 is 14.6 Å². The van der Waals surface area contributed by atoms with Crippen LogP contribution in [0.5, 0.6) is 0 Å². The zero-order chi connectivity index (χ0) is 19.3. The molecule has 1 aromatic carbocycles. The number of hydrogen-bond donors (Lipinski definition) is 1. The van der Waals surface area contributed by atoms with Crippen molar-refractivity contribution in [2.75, 3.05) is 13.1 Å². The Balaban J connectivity index is 2.08. The summed E-state index contributed by atoms with van der Waals surface area (Å²) in [6, 6.07) is 2.16. The molecule has 2 aliphatic rings. The monoisotopic (exact) mass is 384 g/mol. The maximum absolute atomic E-state index is 14.6. The van der Waals surface area contributed by atoms with Crippen LogP contribution >= 0.6 is 0 Å². The predicted octanol–water partition coefficient (Wildman–Crippen LogP) is 3.53. The van der Waals surface area contributed by atoms with E-state index in [9.17, 15) is 23.2 Å². The Labute approximate surface area is 154 Å². The van der Waals surface area contributed by atoms with Crippen LogP contribution in [0.1, 0.15) is 44.7 Å². The van der Waals surface area contributed by atoms with Crippen molar-refractivity contribution in [2.45, 2.75) is 44.8 Å². The van der Waals surface area contributed by atoms with Crippen molar-refractivity contribution >= 4 is 23.2 Å². The molecule has 1 spiro atoms. The quantitative estimate of drug-likeness (QED) is 0.753. The first-order valence-electron chi connectivity index (χ1n) is 8.51. The lowest BCUT2D eigenvalue weighted by atomic mass is 9.74. The molecule has 142 valence electrons. The van der Waals surface area contributed by atoms with Gasteiger partial charge in [-0.05, 0) is 52.2 Å². The van der Waals surface area contributed by atoms with Crippen molar-refractivity contribution in [3.05, 3.63) is 34.9 Å². The molecular weight excluding hydrogens is 362 g/mol. The number of amides is 1. The molecule has 0 radical (unpaired) electrons. The molecule has 0 bridgehead atoms. The zero-order valence-corrected chi connectivity index (χ0v) is 15.8. The maximum Gasteiger partial charge on any atom is 0.407 e. The van der Waals surface area contributed by atoms with Gasteiger partial charge in [0.1, 0.15) is 33.5 Å². The van der Waals surface area contributed by atoms with Gasteiger partial charge in [0.2, 0.25) is 0 Å². The number of halogens is 2. The van der Waals surface area contributed by atoms with Crippen LogP contribution in [0.25, 0.3) is 0 Å². The van der Waals surface area contributed by atoms with E-state index in [4.69, 9.17) is 0 Å². The van der Waals surface area contributed by atoms with Crippen LogP contribution in [-0.2, 0) is 17.8 Å². The van der Waals surface area contributed by atoms with Gasteiger partial charge in [-0.2, -0.15) is 0 Å². The summed E-state index contributed by atoms with van der Waals surface area (Å²) in [5.41, 5.74) is -0.00861. The Hall–Kier alpha value is -1.67. The fourth-order valence-corrected chi connectivity index (χ4v) is 4.34. The van der Waals surface area contributed by atoms with E-state index in [0.29, 0.717) is 18.6 Å². The second-order valence-corrected chi connectivity index (χ2v) is 9.82. The molecule has 0 aromatic heterocycles. The summed E-state index contributed by atoms with van der Waals surface area (Å²) < 4.78 is 45.3. The Kier molecular flexibility index (Phi) is 4.77. The molecular formula is C18H22F2N2O3S. The molecule has 1 fully saturated rings. The third-order valence-corrected chi connectivity index (χ3v) is 6.54. The van der Waals surface area contributed by atoms with E-state index in [-0.39, 0.29) is 30.6 Å². The average molecular weight is 384 g/mol. The largest absolute Gasteiger partial charge is 0.591 e. The number of benzene rings is 1. The van der Waals surface area contributed by atoms with Crippen LogP contribution in [0.3, 0.4) is 0 Å². The van der Waals surface area contributed by atoms with Crippen molar-refractivity contribution in [1.82, 2.24) is 4.90 Å².